The molecule has 0 unspecified atom stereocenters. The van der Waals surface area contributed by atoms with E-state index in [1.807, 2.05) is 57.2 Å². The first-order valence-corrected chi connectivity index (χ1v) is 8.25. The van der Waals surface area contributed by atoms with Gasteiger partial charge in [0.15, 0.2) is 11.5 Å². The molecule has 4 aromatic rings. The number of fused-ring (bicyclic) bond motifs is 3. The lowest BCUT2D eigenvalue weighted by Gasteiger charge is -2.03. The van der Waals surface area contributed by atoms with Crippen LogP contribution in [0.3, 0.4) is 0 Å². The number of hydrogen-bond donors (Lipinski definition) is 1. The molecule has 0 aliphatic carbocycles. The summed E-state index contributed by atoms with van der Waals surface area (Å²) in [5.74, 6) is 0.447. The van der Waals surface area contributed by atoms with Crippen molar-refractivity contribution in [3.05, 3.63) is 80.9 Å². The van der Waals surface area contributed by atoms with E-state index in [0.29, 0.717) is 28.0 Å². The molecule has 130 valence electrons. The van der Waals surface area contributed by atoms with Crippen molar-refractivity contribution in [2.24, 2.45) is 5.16 Å². The summed E-state index contributed by atoms with van der Waals surface area (Å²) in [4.78, 5) is 11.8. The van der Waals surface area contributed by atoms with Gasteiger partial charge < -0.3 is 14.0 Å². The molecule has 0 saturated carbocycles. The number of oxime groups is 1. The summed E-state index contributed by atoms with van der Waals surface area (Å²) in [5.41, 5.74) is 4.44. The minimum atomic E-state index is -0.403. The Kier molecular flexibility index (Phi) is 3.65. The van der Waals surface area contributed by atoms with Crippen molar-refractivity contribution in [2.75, 3.05) is 0 Å². The zero-order chi connectivity index (χ0) is 18.4. The first-order chi connectivity index (χ1) is 12.5. The largest absolute Gasteiger partial charge is 0.454 e. The Labute approximate surface area is 149 Å². The molecule has 2 heterocycles. The van der Waals surface area contributed by atoms with E-state index >= 15 is 0 Å². The van der Waals surface area contributed by atoms with E-state index in [9.17, 15) is 10.0 Å². The van der Waals surface area contributed by atoms with Crippen LogP contribution in [0.15, 0.2) is 61.2 Å². The molecule has 0 aliphatic rings. The van der Waals surface area contributed by atoms with Crippen LogP contribution in [0.5, 0.6) is 0 Å². The van der Waals surface area contributed by atoms with Gasteiger partial charge in [-0.2, -0.15) is 0 Å². The molecule has 26 heavy (non-hydrogen) atoms. The zero-order valence-electron chi connectivity index (χ0n) is 14.7. The highest BCUT2D eigenvalue weighted by Gasteiger charge is 2.21. The van der Waals surface area contributed by atoms with Crippen molar-refractivity contribution in [3.8, 4) is 0 Å². The Morgan fingerprint density at radius 2 is 1.73 bits per heavy atom. The fourth-order valence-corrected chi connectivity index (χ4v) is 3.28. The van der Waals surface area contributed by atoms with E-state index in [0.717, 1.165) is 27.6 Å². The van der Waals surface area contributed by atoms with Crippen molar-refractivity contribution in [2.45, 2.75) is 20.8 Å². The molecule has 0 spiro atoms. The molecule has 2 aromatic heterocycles. The average Bonchev–Trinajstić information content (AvgIpc) is 2.94. The summed E-state index contributed by atoms with van der Waals surface area (Å²) < 4.78 is 11.4. The molecule has 0 aliphatic heterocycles. The predicted octanol–water partition coefficient (Wildman–Crippen LogP) is 4.69. The van der Waals surface area contributed by atoms with Crippen molar-refractivity contribution < 1.29 is 14.0 Å². The maximum atomic E-state index is 11.8. The molecule has 0 saturated heterocycles. The van der Waals surface area contributed by atoms with E-state index in [2.05, 4.69) is 5.16 Å². The quantitative estimate of drug-likeness (QED) is 0.247. The molecular formula is C21H17NO4. The minimum Gasteiger partial charge on any atom is -0.454 e. The molecule has 0 fully saturated rings. The topological polar surface area (TPSA) is 75.9 Å². The number of furan rings is 1. The first-order valence-electron chi connectivity index (χ1n) is 8.25. The summed E-state index contributed by atoms with van der Waals surface area (Å²) in [6.07, 6.45) is 0. The van der Waals surface area contributed by atoms with Crippen molar-refractivity contribution in [1.29, 1.82) is 0 Å². The van der Waals surface area contributed by atoms with Crippen LogP contribution in [-0.2, 0) is 0 Å². The highest BCUT2D eigenvalue weighted by atomic mass is 16.4. The third-order valence-electron chi connectivity index (χ3n) is 4.65. The lowest BCUT2D eigenvalue weighted by molar-refractivity contribution is 0.318. The van der Waals surface area contributed by atoms with Crippen LogP contribution in [0.4, 0.5) is 0 Å². The number of nitrogens with zero attached hydrogens (tertiary/aromatic N) is 1. The maximum absolute atomic E-state index is 11.8. The average molecular weight is 347 g/mol. The fourth-order valence-electron chi connectivity index (χ4n) is 3.28. The molecule has 0 bridgehead atoms. The Hall–Kier alpha value is -3.34. The van der Waals surface area contributed by atoms with Crippen LogP contribution in [0, 0.1) is 20.8 Å². The number of aryl methyl sites for hydroxylation is 3. The number of hydrogen-bond acceptors (Lipinski definition) is 5. The standard InChI is InChI=1S/C21H17NO4/c1-11-4-6-14(7-5-11)19(22-24)20-13(3)18-16(25-20)9-8-15-12(2)10-17(23)26-21(15)18/h4-10,24H,1-3H3/b22-19+. The smallest absolute Gasteiger partial charge is 0.336 e. The van der Waals surface area contributed by atoms with E-state index in [-0.39, 0.29) is 0 Å². The van der Waals surface area contributed by atoms with Gasteiger partial charge in [-0.15, -0.1) is 0 Å². The lowest BCUT2D eigenvalue weighted by Crippen LogP contribution is -2.03. The fraction of sp³-hybridized carbons (Fsp3) is 0.143. The van der Waals surface area contributed by atoms with Crippen LogP contribution in [-0.4, -0.2) is 10.9 Å². The van der Waals surface area contributed by atoms with Gasteiger partial charge in [0.25, 0.3) is 0 Å². The van der Waals surface area contributed by atoms with Gasteiger partial charge in [-0.1, -0.05) is 35.0 Å². The number of benzene rings is 2. The maximum Gasteiger partial charge on any atom is 0.336 e. The lowest BCUT2D eigenvalue weighted by atomic mass is 10.0. The van der Waals surface area contributed by atoms with Gasteiger partial charge in [-0.05, 0) is 38.5 Å². The third-order valence-corrected chi connectivity index (χ3v) is 4.65. The zero-order valence-corrected chi connectivity index (χ0v) is 14.7. The molecule has 1 N–H and O–H groups in total. The normalized spacial score (nSPS) is 12.2. The molecule has 5 nitrogen and oxygen atoms in total. The van der Waals surface area contributed by atoms with E-state index < -0.39 is 5.63 Å². The van der Waals surface area contributed by atoms with Crippen molar-refractivity contribution in [1.82, 2.24) is 0 Å². The first kappa shape index (κ1) is 16.1. The summed E-state index contributed by atoms with van der Waals surface area (Å²) in [5, 5.41) is 14.6. The van der Waals surface area contributed by atoms with Gasteiger partial charge in [0.05, 0.1) is 5.39 Å². The SMILES string of the molecule is Cc1ccc(/C(=N\O)c2oc3ccc4c(C)cc(=O)oc4c3c2C)cc1. The van der Waals surface area contributed by atoms with Crippen LogP contribution in [0.25, 0.3) is 21.9 Å². The Morgan fingerprint density at radius 3 is 2.42 bits per heavy atom. The number of rotatable bonds is 2. The highest BCUT2D eigenvalue weighted by Crippen LogP contribution is 2.34. The second-order valence-electron chi connectivity index (χ2n) is 6.43. The van der Waals surface area contributed by atoms with E-state index in [1.165, 1.54) is 6.07 Å². The van der Waals surface area contributed by atoms with Crippen molar-refractivity contribution in [3.63, 3.8) is 0 Å². The summed E-state index contributed by atoms with van der Waals surface area (Å²) in [6, 6.07) is 12.8. The van der Waals surface area contributed by atoms with Crippen molar-refractivity contribution >= 4 is 27.7 Å². The molecule has 2 aromatic carbocycles. The van der Waals surface area contributed by atoms with Crippen LogP contribution in [0.1, 0.15) is 28.0 Å². The predicted molar refractivity (Wildman–Crippen MR) is 100 cm³/mol. The van der Waals surface area contributed by atoms with Gasteiger partial charge >= 0.3 is 5.63 Å². The Balaban J connectivity index is 2.02. The van der Waals surface area contributed by atoms with Gasteiger partial charge in [-0.3, -0.25) is 0 Å². The summed E-state index contributed by atoms with van der Waals surface area (Å²) >= 11 is 0. The second kappa shape index (κ2) is 5.88. The van der Waals surface area contributed by atoms with E-state index in [4.69, 9.17) is 8.83 Å². The minimum absolute atomic E-state index is 0.335. The Morgan fingerprint density at radius 1 is 1.00 bits per heavy atom. The van der Waals surface area contributed by atoms with Crippen LogP contribution in [0.2, 0.25) is 0 Å². The molecule has 0 atom stereocenters. The van der Waals surface area contributed by atoms with E-state index in [1.54, 1.807) is 0 Å². The molecule has 5 heteroatoms. The Bertz CT molecular complexity index is 1230. The molecular weight excluding hydrogens is 330 g/mol. The molecule has 0 amide bonds. The van der Waals surface area contributed by atoms with Crippen LogP contribution < -0.4 is 5.63 Å². The second-order valence-corrected chi connectivity index (χ2v) is 6.43. The van der Waals surface area contributed by atoms with Crippen LogP contribution >= 0.6 is 0 Å². The van der Waals surface area contributed by atoms with Gasteiger partial charge in [0.1, 0.15) is 11.2 Å². The van der Waals surface area contributed by atoms with Gasteiger partial charge in [0, 0.05) is 22.6 Å². The summed E-state index contributed by atoms with van der Waals surface area (Å²) in [6.45, 7) is 5.72. The third kappa shape index (κ3) is 2.40. The summed E-state index contributed by atoms with van der Waals surface area (Å²) in [7, 11) is 0. The molecule has 4 rings (SSSR count). The molecule has 0 radical (unpaired) electrons. The van der Waals surface area contributed by atoms with Gasteiger partial charge in [-0.25, -0.2) is 4.79 Å². The highest BCUT2D eigenvalue weighted by molar-refractivity contribution is 6.16. The van der Waals surface area contributed by atoms with Gasteiger partial charge in [0.2, 0.25) is 0 Å². The monoisotopic (exact) mass is 347 g/mol.